The van der Waals surface area contributed by atoms with Crippen molar-refractivity contribution in [3.63, 3.8) is 0 Å². The summed E-state index contributed by atoms with van der Waals surface area (Å²) in [7, 11) is 0. The molecule has 1 aliphatic carbocycles. The van der Waals surface area contributed by atoms with Crippen LogP contribution in [0.5, 0.6) is 0 Å². The first-order valence-corrected chi connectivity index (χ1v) is 12.8. The van der Waals surface area contributed by atoms with E-state index in [1.165, 1.54) is 36.5 Å². The lowest BCUT2D eigenvalue weighted by Gasteiger charge is -2.53. The molecule has 0 spiro atoms. The van der Waals surface area contributed by atoms with E-state index in [1.54, 1.807) is 24.0 Å². The number of carbonyl (C=O) groups is 2. The topological polar surface area (TPSA) is 78.4 Å². The van der Waals surface area contributed by atoms with Crippen LogP contribution in [0, 0.1) is 17.8 Å². The van der Waals surface area contributed by atoms with Crippen LogP contribution in [0.4, 0.5) is 39.1 Å². The van der Waals surface area contributed by atoms with Crippen molar-refractivity contribution in [2.45, 2.75) is 31.6 Å². The summed E-state index contributed by atoms with van der Waals surface area (Å²) in [5.74, 6) is -7.32. The van der Waals surface area contributed by atoms with Crippen LogP contribution in [-0.2, 0) is 9.59 Å². The van der Waals surface area contributed by atoms with Crippen molar-refractivity contribution in [1.82, 2.24) is 9.97 Å². The van der Waals surface area contributed by atoms with E-state index in [1.807, 2.05) is 0 Å². The maximum absolute atomic E-state index is 15.8. The molecule has 1 aromatic carbocycles. The normalized spacial score (nSPS) is 22.8. The van der Waals surface area contributed by atoms with Crippen LogP contribution in [0.1, 0.15) is 36.9 Å². The number of nitrogens with zero attached hydrogens (tertiary/aromatic N) is 4. The van der Waals surface area contributed by atoms with E-state index < -0.39 is 54.4 Å². The molecule has 5 heterocycles. The van der Waals surface area contributed by atoms with Gasteiger partial charge in [-0.05, 0) is 31.5 Å². The third kappa shape index (κ3) is 4.25. The molecule has 3 fully saturated rings. The fourth-order valence-corrected chi connectivity index (χ4v) is 5.79. The fraction of sp³-hybridized carbons (Fsp3) is 0.357. The maximum Gasteiger partial charge on any atom is 0.263 e. The second-order valence-corrected chi connectivity index (χ2v) is 10.4. The number of hydrogen-bond donors (Lipinski definition) is 1. The van der Waals surface area contributed by atoms with Crippen LogP contribution >= 0.6 is 0 Å². The van der Waals surface area contributed by atoms with Crippen LogP contribution < -0.4 is 15.1 Å². The largest absolute Gasteiger partial charge is 0.355 e. The number of nitrogens with one attached hydrogen (secondary N) is 1. The third-order valence-corrected chi connectivity index (χ3v) is 8.00. The molecule has 3 aromatic rings. The van der Waals surface area contributed by atoms with Gasteiger partial charge in [0, 0.05) is 54.0 Å². The molecule has 2 aromatic heterocycles. The summed E-state index contributed by atoms with van der Waals surface area (Å²) >= 11 is 0. The van der Waals surface area contributed by atoms with Gasteiger partial charge in [0.05, 0.1) is 22.9 Å². The van der Waals surface area contributed by atoms with Crippen LogP contribution in [0.25, 0.3) is 11.1 Å². The van der Waals surface area contributed by atoms with Crippen molar-refractivity contribution in [3.05, 3.63) is 65.9 Å². The molecule has 7 rings (SSSR count). The number of benzene rings is 1. The number of alkyl halides is 4. The lowest BCUT2D eigenvalue weighted by atomic mass is 9.67. The van der Waals surface area contributed by atoms with Gasteiger partial charge in [0.2, 0.25) is 17.8 Å². The number of hydrogen-bond acceptors (Lipinski definition) is 5. The minimum Gasteiger partial charge on any atom is -0.355 e. The molecule has 1 saturated carbocycles. The number of pyridine rings is 2. The molecule has 2 saturated heterocycles. The number of halogens is 5. The summed E-state index contributed by atoms with van der Waals surface area (Å²) in [6.07, 6.45) is -0.799. The molecule has 2 unspecified atom stereocenters. The highest BCUT2D eigenvalue weighted by molar-refractivity contribution is 6.09. The Balaban J connectivity index is 1.37. The molecule has 2 bridgehead atoms. The molecule has 1 N–H and O–H groups in total. The quantitative estimate of drug-likeness (QED) is 0.336. The molecule has 3 aliphatic heterocycles. The van der Waals surface area contributed by atoms with E-state index >= 15 is 4.39 Å². The highest BCUT2D eigenvalue weighted by Crippen LogP contribution is 2.53. The van der Waals surface area contributed by atoms with Crippen molar-refractivity contribution in [2.75, 3.05) is 34.8 Å². The monoisotopic (exact) mass is 557 g/mol. The minimum atomic E-state index is -2.77. The van der Waals surface area contributed by atoms with Gasteiger partial charge in [-0.3, -0.25) is 14.6 Å². The molecule has 208 valence electrons. The Morgan fingerprint density at radius 1 is 1.15 bits per heavy atom. The average molecular weight is 558 g/mol. The molecule has 3 atom stereocenters. The standard InChI is InChI=1S/C28H24F5N5O2/c1-14-24-19(3-2-8-34-24)23-20(10-21(36-26(23)31)37-11-16-9-17(12-37)28(16,32)33)38(27(14)40)13-22(39)35-18-6-4-15(5-7-18)25(29)30/h2-8,10,14,16-17,25H,9,11-13H2,1H3,(H,35,39)/t14-,16?,17?/m0/s1. The summed E-state index contributed by atoms with van der Waals surface area (Å²) in [6, 6.07) is 9.66. The second kappa shape index (κ2) is 9.53. The van der Waals surface area contributed by atoms with E-state index in [-0.39, 0.29) is 41.4 Å². The van der Waals surface area contributed by atoms with E-state index in [9.17, 15) is 27.2 Å². The van der Waals surface area contributed by atoms with E-state index in [4.69, 9.17) is 0 Å². The predicted molar refractivity (Wildman–Crippen MR) is 137 cm³/mol. The summed E-state index contributed by atoms with van der Waals surface area (Å²) in [5, 5.41) is 2.58. The lowest BCUT2D eigenvalue weighted by Crippen LogP contribution is -2.63. The number of rotatable bonds is 5. The molecule has 2 amide bonds. The van der Waals surface area contributed by atoms with Crippen molar-refractivity contribution in [3.8, 4) is 11.1 Å². The predicted octanol–water partition coefficient (Wildman–Crippen LogP) is 5.40. The smallest absolute Gasteiger partial charge is 0.263 e. The van der Waals surface area contributed by atoms with E-state index in [0.29, 0.717) is 17.7 Å². The molecule has 0 radical (unpaired) electrons. The van der Waals surface area contributed by atoms with Crippen molar-refractivity contribution in [2.24, 2.45) is 11.8 Å². The van der Waals surface area contributed by atoms with Gasteiger partial charge >= 0.3 is 0 Å². The second-order valence-electron chi connectivity index (χ2n) is 10.4. The number of fused-ring (bicyclic) bond motifs is 5. The number of anilines is 3. The Morgan fingerprint density at radius 2 is 1.85 bits per heavy atom. The Labute approximate surface area is 226 Å². The fourth-order valence-electron chi connectivity index (χ4n) is 5.79. The van der Waals surface area contributed by atoms with Crippen LogP contribution in [0.2, 0.25) is 0 Å². The van der Waals surface area contributed by atoms with Gasteiger partial charge < -0.3 is 15.1 Å². The van der Waals surface area contributed by atoms with Gasteiger partial charge in [-0.25, -0.2) is 22.5 Å². The van der Waals surface area contributed by atoms with Crippen LogP contribution in [-0.4, -0.2) is 47.3 Å². The van der Waals surface area contributed by atoms with Crippen LogP contribution in [0.3, 0.4) is 0 Å². The minimum absolute atomic E-state index is 0.00762. The number of piperidine rings is 2. The van der Waals surface area contributed by atoms with Gasteiger partial charge in [0.1, 0.15) is 12.4 Å². The first-order chi connectivity index (χ1) is 19.0. The zero-order valence-electron chi connectivity index (χ0n) is 21.3. The van der Waals surface area contributed by atoms with E-state index in [0.717, 1.165) is 4.90 Å². The van der Waals surface area contributed by atoms with Gasteiger partial charge in [-0.2, -0.15) is 4.39 Å². The number of amides is 2. The SMILES string of the molecule is C[C@@H]1C(=O)N(CC(=O)Nc2ccc(C(F)F)cc2)c2cc(N3CC4CC(C3)C4(F)F)nc(F)c2-c2cccnc21. The highest BCUT2D eigenvalue weighted by atomic mass is 19.3. The summed E-state index contributed by atoms with van der Waals surface area (Å²) < 4.78 is 70.0. The molecule has 40 heavy (non-hydrogen) atoms. The summed E-state index contributed by atoms with van der Waals surface area (Å²) in [5.41, 5.74) is 0.730. The number of aromatic nitrogens is 2. The Morgan fingerprint density at radius 3 is 2.50 bits per heavy atom. The Bertz CT molecular complexity index is 1480. The number of carbonyl (C=O) groups excluding carboxylic acids is 2. The van der Waals surface area contributed by atoms with Crippen molar-refractivity contribution in [1.29, 1.82) is 0 Å². The van der Waals surface area contributed by atoms with Gasteiger partial charge in [0.15, 0.2) is 0 Å². The molecular formula is C28H24F5N5O2. The summed E-state index contributed by atoms with van der Waals surface area (Å²) in [4.78, 5) is 37.9. The van der Waals surface area contributed by atoms with Gasteiger partial charge in [-0.15, -0.1) is 0 Å². The maximum atomic E-state index is 15.8. The molecule has 4 aliphatic rings. The first-order valence-electron chi connectivity index (χ1n) is 12.8. The lowest BCUT2D eigenvalue weighted by molar-refractivity contribution is -0.194. The first kappa shape index (κ1) is 26.1. The van der Waals surface area contributed by atoms with Crippen molar-refractivity contribution >= 4 is 29.0 Å². The summed E-state index contributed by atoms with van der Waals surface area (Å²) in [6.45, 7) is 1.06. The third-order valence-electron chi connectivity index (χ3n) is 8.00. The zero-order valence-corrected chi connectivity index (χ0v) is 21.3. The van der Waals surface area contributed by atoms with Gasteiger partial charge in [0.25, 0.3) is 12.3 Å². The average Bonchev–Trinajstić information content (AvgIpc) is 3.02. The van der Waals surface area contributed by atoms with E-state index in [2.05, 4.69) is 15.3 Å². The highest BCUT2D eigenvalue weighted by Gasteiger charge is 2.61. The van der Waals surface area contributed by atoms with Crippen molar-refractivity contribution < 1.29 is 31.5 Å². The van der Waals surface area contributed by atoms with Gasteiger partial charge in [-0.1, -0.05) is 18.2 Å². The molecule has 12 heteroatoms. The molecule has 7 nitrogen and oxygen atoms in total. The zero-order chi connectivity index (χ0) is 28.3. The Kier molecular flexibility index (Phi) is 6.23. The van der Waals surface area contributed by atoms with Crippen LogP contribution in [0.15, 0.2) is 48.7 Å². The Hall–Kier alpha value is -4.09. The molecular weight excluding hydrogens is 533 g/mol.